The molecule has 94 valence electrons. The molecule has 0 saturated carbocycles. The molecule has 0 aliphatic rings. The molecule has 0 saturated heterocycles. The van der Waals surface area contributed by atoms with Crippen LogP contribution in [0.15, 0.2) is 12.1 Å². The quantitative estimate of drug-likeness (QED) is 0.816. The number of methoxy groups -OCH3 is 1. The first-order valence-corrected chi connectivity index (χ1v) is 5.23. The highest BCUT2D eigenvalue weighted by Crippen LogP contribution is 2.16. The van der Waals surface area contributed by atoms with Gasteiger partial charge < -0.3 is 14.7 Å². The number of pyridine rings is 1. The molecule has 0 amide bonds. The zero-order chi connectivity index (χ0) is 12.8. The summed E-state index contributed by atoms with van der Waals surface area (Å²) in [7, 11) is 1.55. The van der Waals surface area contributed by atoms with Crippen LogP contribution < -0.4 is 4.90 Å². The highest BCUT2D eigenvalue weighted by Gasteiger charge is 2.15. The van der Waals surface area contributed by atoms with E-state index in [2.05, 4.69) is 4.98 Å². The summed E-state index contributed by atoms with van der Waals surface area (Å²) in [4.78, 5) is 16.2. The normalized spacial score (nSPS) is 10.3. The summed E-state index contributed by atoms with van der Waals surface area (Å²) in [6, 6.07) is 2.26. The Balaban J connectivity index is 3.00. The molecule has 0 aliphatic carbocycles. The number of halogens is 1. The SMILES string of the molecule is CCN(CCOC)c1nc(C(=O)O)ccc1F. The van der Waals surface area contributed by atoms with E-state index in [1.807, 2.05) is 6.92 Å². The molecular weight excluding hydrogens is 227 g/mol. The molecule has 0 spiro atoms. The molecule has 0 aliphatic heterocycles. The largest absolute Gasteiger partial charge is 0.477 e. The van der Waals surface area contributed by atoms with Crippen molar-refractivity contribution >= 4 is 11.8 Å². The van der Waals surface area contributed by atoms with Gasteiger partial charge in [-0.05, 0) is 19.1 Å². The van der Waals surface area contributed by atoms with Crippen molar-refractivity contribution in [3.63, 3.8) is 0 Å². The number of carboxylic acids is 1. The third-order valence-electron chi connectivity index (χ3n) is 2.29. The van der Waals surface area contributed by atoms with E-state index < -0.39 is 11.8 Å². The average Bonchev–Trinajstić information content (AvgIpc) is 2.31. The molecule has 0 radical (unpaired) electrons. The minimum atomic E-state index is -1.17. The van der Waals surface area contributed by atoms with Crippen LogP contribution in [0.5, 0.6) is 0 Å². The fourth-order valence-electron chi connectivity index (χ4n) is 1.39. The Labute approximate surface area is 98.8 Å². The molecule has 0 unspecified atom stereocenters. The molecule has 1 heterocycles. The van der Waals surface area contributed by atoms with Gasteiger partial charge in [-0.1, -0.05) is 0 Å². The number of anilines is 1. The second-order valence-electron chi connectivity index (χ2n) is 3.38. The van der Waals surface area contributed by atoms with Crippen molar-refractivity contribution in [2.45, 2.75) is 6.92 Å². The Kier molecular flexibility index (Phi) is 4.84. The highest BCUT2D eigenvalue weighted by atomic mass is 19.1. The summed E-state index contributed by atoms with van der Waals surface area (Å²) in [5.41, 5.74) is -0.169. The van der Waals surface area contributed by atoms with E-state index in [4.69, 9.17) is 9.84 Å². The second-order valence-corrected chi connectivity index (χ2v) is 3.38. The van der Waals surface area contributed by atoms with Crippen LogP contribution in [0.1, 0.15) is 17.4 Å². The smallest absolute Gasteiger partial charge is 0.354 e. The van der Waals surface area contributed by atoms with Crippen LogP contribution in [0.3, 0.4) is 0 Å². The number of hydrogen-bond acceptors (Lipinski definition) is 4. The number of carbonyl (C=O) groups is 1. The number of rotatable bonds is 6. The van der Waals surface area contributed by atoms with Crippen LogP contribution in [0.25, 0.3) is 0 Å². The minimum Gasteiger partial charge on any atom is -0.477 e. The van der Waals surface area contributed by atoms with Crippen LogP contribution in [0.4, 0.5) is 10.2 Å². The molecular formula is C11H15FN2O3. The van der Waals surface area contributed by atoms with Gasteiger partial charge in [-0.25, -0.2) is 14.2 Å². The van der Waals surface area contributed by atoms with E-state index in [1.165, 1.54) is 0 Å². The van der Waals surface area contributed by atoms with Gasteiger partial charge in [0.2, 0.25) is 0 Å². The summed E-state index contributed by atoms with van der Waals surface area (Å²) in [5.74, 6) is -1.66. The molecule has 0 fully saturated rings. The standard InChI is InChI=1S/C11H15FN2O3/c1-3-14(6-7-17-2)10-8(12)4-5-9(13-10)11(15)16/h4-5H,3,6-7H2,1-2H3,(H,15,16). The molecule has 1 aromatic heterocycles. The topological polar surface area (TPSA) is 62.7 Å². The first-order valence-electron chi connectivity index (χ1n) is 5.23. The van der Waals surface area contributed by atoms with Gasteiger partial charge in [-0.3, -0.25) is 0 Å². The molecule has 1 rings (SSSR count). The Hall–Kier alpha value is -1.69. The summed E-state index contributed by atoms with van der Waals surface area (Å²) in [6.07, 6.45) is 0. The number of hydrogen-bond donors (Lipinski definition) is 1. The molecule has 1 aromatic rings. The molecule has 5 nitrogen and oxygen atoms in total. The summed E-state index contributed by atoms with van der Waals surface area (Å²) in [6.45, 7) is 3.24. The van der Waals surface area contributed by atoms with Crippen LogP contribution in [-0.2, 0) is 4.74 Å². The zero-order valence-corrected chi connectivity index (χ0v) is 9.81. The Morgan fingerprint density at radius 1 is 1.59 bits per heavy atom. The van der Waals surface area contributed by atoms with Crippen LogP contribution in [0, 0.1) is 5.82 Å². The van der Waals surface area contributed by atoms with Crippen molar-refractivity contribution in [1.82, 2.24) is 4.98 Å². The van der Waals surface area contributed by atoms with E-state index in [-0.39, 0.29) is 11.5 Å². The lowest BCUT2D eigenvalue weighted by Crippen LogP contribution is -2.29. The van der Waals surface area contributed by atoms with Crippen molar-refractivity contribution in [1.29, 1.82) is 0 Å². The van der Waals surface area contributed by atoms with Crippen molar-refractivity contribution in [3.05, 3.63) is 23.6 Å². The van der Waals surface area contributed by atoms with Crippen LogP contribution >= 0.6 is 0 Å². The Morgan fingerprint density at radius 2 is 2.29 bits per heavy atom. The minimum absolute atomic E-state index is 0.0458. The van der Waals surface area contributed by atoms with Gasteiger partial charge in [-0.2, -0.15) is 0 Å². The third-order valence-corrected chi connectivity index (χ3v) is 2.29. The summed E-state index contributed by atoms with van der Waals surface area (Å²) < 4.78 is 18.5. The maximum Gasteiger partial charge on any atom is 0.354 e. The average molecular weight is 242 g/mol. The first kappa shape index (κ1) is 13.4. The monoisotopic (exact) mass is 242 g/mol. The number of aromatic carboxylic acids is 1. The van der Waals surface area contributed by atoms with Gasteiger partial charge in [0.05, 0.1) is 6.61 Å². The number of likely N-dealkylation sites (N-methyl/N-ethyl adjacent to an activating group) is 1. The predicted molar refractivity (Wildman–Crippen MR) is 60.9 cm³/mol. The molecule has 17 heavy (non-hydrogen) atoms. The van der Waals surface area contributed by atoms with Gasteiger partial charge >= 0.3 is 5.97 Å². The lowest BCUT2D eigenvalue weighted by molar-refractivity contribution is 0.0690. The molecule has 0 aromatic carbocycles. The van der Waals surface area contributed by atoms with Crippen molar-refractivity contribution in [2.75, 3.05) is 31.7 Å². The summed E-state index contributed by atoms with van der Waals surface area (Å²) >= 11 is 0. The van der Waals surface area contributed by atoms with Gasteiger partial charge in [0.25, 0.3) is 0 Å². The first-order chi connectivity index (χ1) is 8.10. The maximum absolute atomic E-state index is 13.6. The Morgan fingerprint density at radius 3 is 2.82 bits per heavy atom. The van der Waals surface area contributed by atoms with E-state index in [1.54, 1.807) is 12.0 Å². The molecule has 6 heteroatoms. The number of aromatic nitrogens is 1. The van der Waals surface area contributed by atoms with Crippen molar-refractivity contribution in [3.8, 4) is 0 Å². The number of ether oxygens (including phenoxy) is 1. The van der Waals surface area contributed by atoms with Crippen LogP contribution in [0.2, 0.25) is 0 Å². The van der Waals surface area contributed by atoms with Gasteiger partial charge in [-0.15, -0.1) is 0 Å². The van der Waals surface area contributed by atoms with E-state index in [0.29, 0.717) is 19.7 Å². The number of carboxylic acid groups (broad SMARTS) is 1. The molecule has 0 bridgehead atoms. The fourth-order valence-corrected chi connectivity index (χ4v) is 1.39. The lowest BCUT2D eigenvalue weighted by atomic mass is 10.3. The van der Waals surface area contributed by atoms with E-state index >= 15 is 0 Å². The van der Waals surface area contributed by atoms with Gasteiger partial charge in [0.1, 0.15) is 0 Å². The Bertz CT molecular complexity index is 398. The van der Waals surface area contributed by atoms with Crippen LogP contribution in [-0.4, -0.2) is 42.9 Å². The molecule has 0 atom stereocenters. The fraction of sp³-hybridized carbons (Fsp3) is 0.455. The van der Waals surface area contributed by atoms with E-state index in [0.717, 1.165) is 12.1 Å². The van der Waals surface area contributed by atoms with Crippen molar-refractivity contribution < 1.29 is 19.0 Å². The highest BCUT2D eigenvalue weighted by molar-refractivity contribution is 5.85. The molecule has 1 N–H and O–H groups in total. The van der Waals surface area contributed by atoms with Gasteiger partial charge in [0, 0.05) is 20.2 Å². The van der Waals surface area contributed by atoms with Gasteiger partial charge in [0.15, 0.2) is 17.3 Å². The predicted octanol–water partition coefficient (Wildman–Crippen LogP) is 1.39. The number of nitrogens with zero attached hydrogens (tertiary/aromatic N) is 2. The zero-order valence-electron chi connectivity index (χ0n) is 9.81. The van der Waals surface area contributed by atoms with Crippen molar-refractivity contribution in [2.24, 2.45) is 0 Å². The maximum atomic E-state index is 13.6. The third kappa shape index (κ3) is 3.39. The van der Waals surface area contributed by atoms with E-state index in [9.17, 15) is 9.18 Å². The summed E-state index contributed by atoms with van der Waals surface area (Å²) in [5, 5.41) is 8.80. The lowest BCUT2D eigenvalue weighted by Gasteiger charge is -2.22. The second kappa shape index (κ2) is 6.15.